The van der Waals surface area contributed by atoms with Crippen LogP contribution in [0.4, 0.5) is 77.2 Å². The summed E-state index contributed by atoms with van der Waals surface area (Å²) in [6, 6.07) is 18.6. The van der Waals surface area contributed by atoms with Gasteiger partial charge in [0.05, 0.1) is 0 Å². The highest BCUT2D eigenvalue weighted by Crippen LogP contribution is 2.43. The lowest BCUT2D eigenvalue weighted by Gasteiger charge is -2.44. The summed E-state index contributed by atoms with van der Waals surface area (Å²) in [5, 5.41) is 0. The van der Waals surface area contributed by atoms with Gasteiger partial charge in [-0.05, 0) is 55.6 Å². The largest absolute Gasteiger partial charge is 0.657 e. The average molecular weight is 1090 g/mol. The van der Waals surface area contributed by atoms with Crippen molar-refractivity contribution < 1.29 is 75.1 Å². The zero-order valence-corrected chi connectivity index (χ0v) is 44.0. The van der Waals surface area contributed by atoms with Gasteiger partial charge in [-0.3, -0.25) is 4.49 Å². The van der Waals surface area contributed by atoms with Crippen molar-refractivity contribution in [1.82, 2.24) is 0 Å². The lowest BCUT2D eigenvalue weighted by molar-refractivity contribution is -0.287. The number of ether oxygens (including phenoxy) is 1. The number of para-hydroxylation sites is 2. The Hall–Kier alpha value is -6.43. The van der Waals surface area contributed by atoms with Gasteiger partial charge in [-0.15, -0.1) is 16.4 Å². The zero-order chi connectivity index (χ0) is 57.4. The first-order chi connectivity index (χ1) is 36.2. The van der Waals surface area contributed by atoms with Gasteiger partial charge in [0.15, 0.2) is 58.0 Å². The summed E-state index contributed by atoms with van der Waals surface area (Å²) in [6.07, 6.45) is -6.85. The normalized spacial score (nSPS) is 13.2. The van der Waals surface area contributed by atoms with Crippen LogP contribution >= 0.6 is 0 Å². The second kappa shape index (κ2) is 23.7. The molecule has 1 aliphatic rings. The van der Waals surface area contributed by atoms with E-state index in [1.54, 1.807) is 76.2 Å². The van der Waals surface area contributed by atoms with Gasteiger partial charge >= 0.3 is 6.98 Å². The number of hydrogen-bond acceptors (Lipinski definition) is 2. The highest BCUT2D eigenvalue weighted by atomic mass is 19.2. The van der Waals surface area contributed by atoms with Crippen molar-refractivity contribution in [2.75, 3.05) is 18.0 Å². The molecule has 410 valence electrons. The third kappa shape index (κ3) is 10.4. The summed E-state index contributed by atoms with van der Waals surface area (Å²) < 4.78 is 249. The molecular formula is C57H55B2F15N2O. The predicted octanol–water partition coefficient (Wildman–Crippen LogP) is 14.4. The summed E-state index contributed by atoms with van der Waals surface area (Å²) in [5.41, 5.74) is -5.10. The molecule has 0 amide bonds. The monoisotopic (exact) mass is 1090 g/mol. The number of rotatable bonds is 14. The van der Waals surface area contributed by atoms with Crippen LogP contribution in [0.15, 0.2) is 78.5 Å². The Morgan fingerprint density at radius 1 is 0.442 bits per heavy atom. The number of anilines is 1. The van der Waals surface area contributed by atoms with E-state index >= 15 is 65.9 Å². The molecule has 0 saturated carbocycles. The lowest BCUT2D eigenvalue weighted by Crippen LogP contribution is -2.74. The van der Waals surface area contributed by atoms with Crippen molar-refractivity contribution in [3.8, 4) is 0 Å². The van der Waals surface area contributed by atoms with Crippen LogP contribution in [0.5, 0.6) is 0 Å². The molecule has 1 heterocycles. The Bertz CT molecular complexity index is 2980. The molecule has 77 heavy (non-hydrogen) atoms. The van der Waals surface area contributed by atoms with Gasteiger partial charge in [0.2, 0.25) is 0 Å². The molecule has 0 saturated heterocycles. The third-order valence-corrected chi connectivity index (χ3v) is 14.0. The third-order valence-electron chi connectivity index (χ3n) is 14.0. The van der Waals surface area contributed by atoms with Crippen LogP contribution in [-0.2, 0) is 4.74 Å². The fourth-order valence-corrected chi connectivity index (χ4v) is 10.5. The average Bonchev–Trinajstić information content (AvgIpc) is 3.52. The van der Waals surface area contributed by atoms with E-state index in [2.05, 4.69) is 0 Å². The molecule has 1 aliphatic heterocycles. The van der Waals surface area contributed by atoms with Gasteiger partial charge < -0.3 is 9.55 Å². The Balaban J connectivity index is 0.00000183. The summed E-state index contributed by atoms with van der Waals surface area (Å²) in [7, 11) is 0. The van der Waals surface area contributed by atoms with Crippen LogP contribution in [0.25, 0.3) is 0 Å². The minimum atomic E-state index is -6.00. The van der Waals surface area contributed by atoms with Crippen LogP contribution < -0.4 is 26.7 Å². The number of hydrogen-bond donors (Lipinski definition) is 0. The molecule has 0 aromatic heterocycles. The van der Waals surface area contributed by atoms with Crippen LogP contribution in [0.3, 0.4) is 0 Å². The van der Waals surface area contributed by atoms with E-state index in [0.29, 0.717) is 22.3 Å². The fraction of sp³-hybridized carbons (Fsp3) is 0.316. The zero-order valence-electron chi connectivity index (χ0n) is 44.0. The van der Waals surface area contributed by atoms with Gasteiger partial charge in [0.25, 0.3) is 0 Å². The van der Waals surface area contributed by atoms with E-state index < -0.39 is 141 Å². The van der Waals surface area contributed by atoms with Crippen molar-refractivity contribution in [2.24, 2.45) is 0 Å². The molecule has 20 heteroatoms. The van der Waals surface area contributed by atoms with Crippen molar-refractivity contribution >= 4 is 52.1 Å². The Morgan fingerprint density at radius 2 is 0.753 bits per heavy atom. The molecule has 0 bridgehead atoms. The maximum Gasteiger partial charge on any atom is 0.657 e. The van der Waals surface area contributed by atoms with Crippen LogP contribution in [-0.4, -0.2) is 36.5 Å². The standard InChI is InChI=1S/C53H45B2F15N2.C4H10O/c1-23(2)30-17-13-18-31(24(3)4)52(30)71-27(9)21-29(72(54(71)28-15-11-10-12-16-28)53-32(25(5)6)19-14-20-33(53)26(7)8)22-55(34-37(56)43(62)49(68)44(63)38(34)57,35-39(58)45(64)50(69)46(65)40(35)59)36-41(60)47(66)51(70)48(67)42(36)61;1-3-5-4-2/h10-21,23-26H,22H2,1-9H3;3-4H2,1-2H3. The number of benzene rings is 6. The van der Waals surface area contributed by atoms with Crippen molar-refractivity contribution in [1.29, 1.82) is 0 Å². The maximum atomic E-state index is 17.0. The molecule has 0 atom stereocenters. The van der Waals surface area contributed by atoms with E-state index in [4.69, 9.17) is 4.74 Å². The quantitative estimate of drug-likeness (QED) is 0.0467. The number of halogens is 15. The highest BCUT2D eigenvalue weighted by molar-refractivity contribution is 7.13. The van der Waals surface area contributed by atoms with E-state index in [0.717, 1.165) is 30.4 Å². The molecule has 0 radical (unpaired) electrons. The van der Waals surface area contributed by atoms with E-state index in [9.17, 15) is 0 Å². The van der Waals surface area contributed by atoms with Crippen LogP contribution in [0.1, 0.15) is 122 Å². The highest BCUT2D eigenvalue weighted by Gasteiger charge is 2.54. The second-order valence-electron chi connectivity index (χ2n) is 20.0. The van der Waals surface area contributed by atoms with E-state index in [-0.39, 0.29) is 23.2 Å². The molecule has 0 unspecified atom stereocenters. The summed E-state index contributed by atoms with van der Waals surface area (Å²) in [6.45, 7) is 20.4. The molecule has 7 rings (SSSR count). The SMILES string of the molecule is CC1=CC(C[B-](c2c(F)c(F)c(F)c(F)c2F)(c2c(F)c(F)c(F)c(F)c2F)c2c(F)c(F)c(F)c(F)c2F)=[N+](c2c(C(C)C)cccc2C(C)C)B(c2ccccc2)N1c1c(C(C)C)cccc1C(C)C.CCOCC. The first-order valence-electron chi connectivity index (χ1n) is 24.9. The van der Waals surface area contributed by atoms with Gasteiger partial charge in [-0.2, -0.15) is 0 Å². The summed E-state index contributed by atoms with van der Waals surface area (Å²) in [5.74, 6) is -47.1. The molecule has 6 aromatic rings. The lowest BCUT2D eigenvalue weighted by atomic mass is 9.13. The van der Waals surface area contributed by atoms with Crippen molar-refractivity contribution in [3.63, 3.8) is 0 Å². The van der Waals surface area contributed by atoms with Gasteiger partial charge in [-0.1, -0.05) is 128 Å². The molecule has 0 aliphatic carbocycles. The molecule has 0 spiro atoms. The smallest absolute Gasteiger partial charge is 0.382 e. The molecule has 0 N–H and O–H groups in total. The predicted molar refractivity (Wildman–Crippen MR) is 273 cm³/mol. The van der Waals surface area contributed by atoms with Crippen LogP contribution in [0.2, 0.25) is 6.32 Å². The van der Waals surface area contributed by atoms with Crippen LogP contribution in [0, 0.1) is 87.3 Å². The molecule has 3 nitrogen and oxygen atoms in total. The van der Waals surface area contributed by atoms with Crippen molar-refractivity contribution in [3.05, 3.63) is 188 Å². The Labute approximate surface area is 438 Å². The maximum absolute atomic E-state index is 17.0. The molecule has 6 aromatic carbocycles. The number of nitrogens with zero attached hydrogens (tertiary/aromatic N) is 2. The van der Waals surface area contributed by atoms with Gasteiger partial charge in [0, 0.05) is 47.3 Å². The van der Waals surface area contributed by atoms with Gasteiger partial charge in [-0.25, -0.2) is 65.9 Å². The first-order valence-corrected chi connectivity index (χ1v) is 24.9. The first kappa shape index (κ1) is 59.8. The number of allylic oxidation sites excluding steroid dienone is 2. The molecular weight excluding hydrogens is 1040 g/mol. The van der Waals surface area contributed by atoms with E-state index in [1.165, 1.54) is 11.4 Å². The Morgan fingerprint density at radius 3 is 1.05 bits per heavy atom. The van der Waals surface area contributed by atoms with Crippen molar-refractivity contribution in [2.45, 2.75) is 106 Å². The second-order valence-corrected chi connectivity index (χ2v) is 20.0. The van der Waals surface area contributed by atoms with E-state index in [1.807, 2.05) is 64.6 Å². The molecule has 0 fully saturated rings. The topological polar surface area (TPSA) is 15.5 Å². The summed E-state index contributed by atoms with van der Waals surface area (Å²) >= 11 is 0. The van der Waals surface area contributed by atoms with Gasteiger partial charge in [0.1, 0.15) is 46.8 Å². The minimum Gasteiger partial charge on any atom is -0.382 e. The Kier molecular flexibility index (Phi) is 18.4. The summed E-state index contributed by atoms with van der Waals surface area (Å²) in [4.78, 5) is 1.81. The minimum absolute atomic E-state index is 0.0927. The fourth-order valence-electron chi connectivity index (χ4n) is 10.5.